The molecule has 11 heavy (non-hydrogen) atoms. The SMILES string of the molecule is c1csc(C2NCCCS2)n1. The van der Waals surface area contributed by atoms with E-state index in [4.69, 9.17) is 0 Å². The van der Waals surface area contributed by atoms with E-state index in [0.29, 0.717) is 5.37 Å². The van der Waals surface area contributed by atoms with Crippen molar-refractivity contribution in [2.24, 2.45) is 0 Å². The first-order valence-corrected chi connectivity index (χ1v) is 5.64. The van der Waals surface area contributed by atoms with Crippen molar-refractivity contribution in [1.82, 2.24) is 10.3 Å². The number of hydrogen-bond acceptors (Lipinski definition) is 4. The van der Waals surface area contributed by atoms with Gasteiger partial charge in [0.1, 0.15) is 10.4 Å². The Bertz CT molecular complexity index is 204. The molecule has 1 aliphatic heterocycles. The number of thioether (sulfide) groups is 1. The van der Waals surface area contributed by atoms with Crippen molar-refractivity contribution in [2.75, 3.05) is 12.3 Å². The first-order chi connectivity index (χ1) is 5.47. The topological polar surface area (TPSA) is 24.9 Å². The minimum Gasteiger partial charge on any atom is -0.300 e. The number of nitrogens with one attached hydrogen (secondary N) is 1. The third-order valence-corrected chi connectivity index (χ3v) is 3.85. The van der Waals surface area contributed by atoms with Crippen LogP contribution in [0.4, 0.5) is 0 Å². The van der Waals surface area contributed by atoms with Gasteiger partial charge in [0.15, 0.2) is 0 Å². The molecule has 0 spiro atoms. The Labute approximate surface area is 74.4 Å². The summed E-state index contributed by atoms with van der Waals surface area (Å²) in [6, 6.07) is 0. The normalized spacial score (nSPS) is 25.3. The van der Waals surface area contributed by atoms with E-state index < -0.39 is 0 Å². The van der Waals surface area contributed by atoms with Crippen LogP contribution in [0.3, 0.4) is 0 Å². The van der Waals surface area contributed by atoms with Gasteiger partial charge < -0.3 is 0 Å². The molecule has 0 radical (unpaired) electrons. The standard InChI is InChI=1S/C7H10N2S2/c1-2-8-6(10-4-1)7-9-3-5-11-7/h3,5-6,8H,1-2,4H2. The molecule has 0 saturated carbocycles. The summed E-state index contributed by atoms with van der Waals surface area (Å²) in [6.45, 7) is 1.14. The van der Waals surface area contributed by atoms with E-state index in [-0.39, 0.29) is 0 Å². The van der Waals surface area contributed by atoms with Crippen molar-refractivity contribution in [2.45, 2.75) is 11.8 Å². The third-order valence-electron chi connectivity index (χ3n) is 1.61. The van der Waals surface area contributed by atoms with Gasteiger partial charge in [-0.25, -0.2) is 4.98 Å². The van der Waals surface area contributed by atoms with Crippen molar-refractivity contribution in [3.05, 3.63) is 16.6 Å². The molecule has 2 nitrogen and oxygen atoms in total. The molecule has 2 rings (SSSR count). The molecule has 60 valence electrons. The summed E-state index contributed by atoms with van der Waals surface area (Å²) in [4.78, 5) is 4.28. The molecule has 1 aromatic rings. The molecule has 1 fully saturated rings. The molecular weight excluding hydrogens is 176 g/mol. The van der Waals surface area contributed by atoms with Crippen LogP contribution < -0.4 is 5.32 Å². The smallest absolute Gasteiger partial charge is 0.120 e. The summed E-state index contributed by atoms with van der Waals surface area (Å²) >= 11 is 3.69. The molecule has 1 atom stereocenters. The maximum atomic E-state index is 4.28. The Morgan fingerprint density at radius 2 is 2.64 bits per heavy atom. The Morgan fingerprint density at radius 3 is 3.27 bits per heavy atom. The first-order valence-electron chi connectivity index (χ1n) is 3.71. The minimum absolute atomic E-state index is 0.462. The predicted octanol–water partition coefficient (Wildman–Crippen LogP) is 1.87. The lowest BCUT2D eigenvalue weighted by Gasteiger charge is -2.20. The third kappa shape index (κ3) is 1.75. The second kappa shape index (κ2) is 3.56. The van der Waals surface area contributed by atoms with Crippen molar-refractivity contribution in [1.29, 1.82) is 0 Å². The zero-order valence-corrected chi connectivity index (χ0v) is 7.75. The molecule has 0 aliphatic carbocycles. The zero-order valence-electron chi connectivity index (χ0n) is 6.12. The molecule has 1 aromatic heterocycles. The van der Waals surface area contributed by atoms with Gasteiger partial charge in [-0.15, -0.1) is 23.1 Å². The highest BCUT2D eigenvalue weighted by atomic mass is 32.2. The number of thiazole rings is 1. The Hall–Kier alpha value is -0.0600. The summed E-state index contributed by atoms with van der Waals surface area (Å²) < 4.78 is 0. The largest absolute Gasteiger partial charge is 0.300 e. The average Bonchev–Trinajstić information content (AvgIpc) is 2.58. The fraction of sp³-hybridized carbons (Fsp3) is 0.571. The number of nitrogens with zero attached hydrogens (tertiary/aromatic N) is 1. The van der Waals surface area contributed by atoms with Gasteiger partial charge >= 0.3 is 0 Å². The zero-order chi connectivity index (χ0) is 7.52. The van der Waals surface area contributed by atoms with Gasteiger partial charge in [-0.05, 0) is 18.7 Å². The Morgan fingerprint density at radius 1 is 1.64 bits per heavy atom. The van der Waals surface area contributed by atoms with E-state index in [0.717, 1.165) is 6.54 Å². The first kappa shape index (κ1) is 7.58. The van der Waals surface area contributed by atoms with Crippen LogP contribution in [0.2, 0.25) is 0 Å². The summed E-state index contributed by atoms with van der Waals surface area (Å²) in [6.07, 6.45) is 3.16. The van der Waals surface area contributed by atoms with Crippen LogP contribution in [0.15, 0.2) is 11.6 Å². The molecule has 4 heteroatoms. The van der Waals surface area contributed by atoms with Gasteiger partial charge in [0, 0.05) is 11.6 Å². The Kier molecular flexibility index (Phi) is 2.45. The quantitative estimate of drug-likeness (QED) is 0.724. The molecule has 0 bridgehead atoms. The van der Waals surface area contributed by atoms with E-state index in [2.05, 4.69) is 10.3 Å². The van der Waals surface area contributed by atoms with Crippen LogP contribution >= 0.6 is 23.1 Å². The molecule has 1 aliphatic rings. The molecule has 2 heterocycles. The minimum atomic E-state index is 0.462. The fourth-order valence-corrected chi connectivity index (χ4v) is 3.03. The monoisotopic (exact) mass is 186 g/mol. The van der Waals surface area contributed by atoms with Crippen LogP contribution in [0.25, 0.3) is 0 Å². The van der Waals surface area contributed by atoms with Crippen LogP contribution in [0, 0.1) is 0 Å². The van der Waals surface area contributed by atoms with E-state index in [1.807, 2.05) is 23.3 Å². The summed E-state index contributed by atoms with van der Waals surface area (Å²) in [7, 11) is 0. The van der Waals surface area contributed by atoms with Gasteiger partial charge in [0.25, 0.3) is 0 Å². The van der Waals surface area contributed by atoms with Gasteiger partial charge in [-0.2, -0.15) is 0 Å². The summed E-state index contributed by atoms with van der Waals surface area (Å²) in [5.41, 5.74) is 0. The van der Waals surface area contributed by atoms with E-state index in [1.54, 1.807) is 11.3 Å². The maximum Gasteiger partial charge on any atom is 0.120 e. The van der Waals surface area contributed by atoms with Crippen molar-refractivity contribution < 1.29 is 0 Å². The lowest BCUT2D eigenvalue weighted by atomic mass is 10.4. The van der Waals surface area contributed by atoms with Crippen molar-refractivity contribution >= 4 is 23.1 Å². The maximum absolute atomic E-state index is 4.28. The molecular formula is C7H10N2S2. The molecule has 1 saturated heterocycles. The van der Waals surface area contributed by atoms with E-state index >= 15 is 0 Å². The van der Waals surface area contributed by atoms with E-state index in [1.165, 1.54) is 17.2 Å². The molecule has 1 unspecified atom stereocenters. The number of hydrogen-bond donors (Lipinski definition) is 1. The summed E-state index contributed by atoms with van der Waals surface area (Å²) in [5.74, 6) is 1.26. The highest BCUT2D eigenvalue weighted by molar-refractivity contribution is 7.99. The van der Waals surface area contributed by atoms with Crippen molar-refractivity contribution in [3.63, 3.8) is 0 Å². The Balaban J connectivity index is 2.04. The lowest BCUT2D eigenvalue weighted by Crippen LogP contribution is -2.24. The molecule has 0 amide bonds. The van der Waals surface area contributed by atoms with Crippen LogP contribution in [0.1, 0.15) is 16.8 Å². The summed E-state index contributed by atoms with van der Waals surface area (Å²) in [5, 5.41) is 7.15. The van der Waals surface area contributed by atoms with Gasteiger partial charge in [-0.3, -0.25) is 5.32 Å². The van der Waals surface area contributed by atoms with Crippen LogP contribution in [0.5, 0.6) is 0 Å². The molecule has 0 aromatic carbocycles. The molecule has 1 N–H and O–H groups in total. The lowest BCUT2D eigenvalue weighted by molar-refractivity contribution is 0.640. The fourth-order valence-electron chi connectivity index (χ4n) is 1.09. The number of aromatic nitrogens is 1. The van der Waals surface area contributed by atoms with Crippen LogP contribution in [-0.2, 0) is 0 Å². The van der Waals surface area contributed by atoms with Gasteiger partial charge in [0.05, 0.1) is 0 Å². The van der Waals surface area contributed by atoms with Crippen molar-refractivity contribution in [3.8, 4) is 0 Å². The van der Waals surface area contributed by atoms with Gasteiger partial charge in [-0.1, -0.05) is 0 Å². The predicted molar refractivity (Wildman–Crippen MR) is 49.9 cm³/mol. The van der Waals surface area contributed by atoms with E-state index in [9.17, 15) is 0 Å². The second-order valence-corrected chi connectivity index (χ2v) is 4.57. The van der Waals surface area contributed by atoms with Gasteiger partial charge in [0.2, 0.25) is 0 Å². The average molecular weight is 186 g/mol. The highest BCUT2D eigenvalue weighted by Gasteiger charge is 2.16. The number of rotatable bonds is 1. The second-order valence-electron chi connectivity index (χ2n) is 2.43. The highest BCUT2D eigenvalue weighted by Crippen LogP contribution is 2.30. The van der Waals surface area contributed by atoms with Crippen LogP contribution in [-0.4, -0.2) is 17.3 Å².